The van der Waals surface area contributed by atoms with Gasteiger partial charge in [-0.1, -0.05) is 30.3 Å². The van der Waals surface area contributed by atoms with Crippen LogP contribution >= 0.6 is 0 Å². The van der Waals surface area contributed by atoms with Gasteiger partial charge >= 0.3 is 0 Å². The van der Waals surface area contributed by atoms with E-state index in [0.717, 1.165) is 12.8 Å². The Balaban J connectivity index is 2.04. The normalized spacial score (nSPS) is 21.1. The third-order valence-corrected chi connectivity index (χ3v) is 3.87. The van der Waals surface area contributed by atoms with Crippen molar-refractivity contribution in [3.05, 3.63) is 35.9 Å². The molecule has 1 aliphatic heterocycles. The Labute approximate surface area is 103 Å². The van der Waals surface area contributed by atoms with Crippen LogP contribution in [0.3, 0.4) is 0 Å². The monoisotopic (exact) mass is 235 g/mol. The summed E-state index contributed by atoms with van der Waals surface area (Å²) in [6, 6.07) is 10.1. The number of aliphatic hydroxyl groups is 1. The van der Waals surface area contributed by atoms with Gasteiger partial charge in [0, 0.05) is 25.2 Å². The molecule has 1 aromatic carbocycles. The number of rotatable bonds is 4. The van der Waals surface area contributed by atoms with Gasteiger partial charge in [-0.05, 0) is 24.8 Å². The van der Waals surface area contributed by atoms with Crippen LogP contribution in [0.1, 0.15) is 18.4 Å². The zero-order valence-corrected chi connectivity index (χ0v) is 10.1. The molecule has 0 amide bonds. The molecule has 0 bridgehead atoms. The van der Waals surface area contributed by atoms with Crippen molar-refractivity contribution in [1.29, 1.82) is 0 Å². The molecule has 1 atom stereocenters. The van der Waals surface area contributed by atoms with Crippen LogP contribution in [0.2, 0.25) is 0 Å². The largest absolute Gasteiger partial charge is 0.392 e. The number of hydrogen-bond donors (Lipinski definition) is 2. The fourth-order valence-corrected chi connectivity index (χ4v) is 2.51. The topological polar surface area (TPSA) is 55.5 Å². The smallest absolute Gasteiger partial charge is 0.0650 e. The summed E-state index contributed by atoms with van der Waals surface area (Å²) in [4.78, 5) is 0. The first-order valence-electron chi connectivity index (χ1n) is 6.27. The lowest BCUT2D eigenvalue weighted by Gasteiger charge is -2.40. The molecule has 94 valence electrons. The Bertz CT molecular complexity index is 333. The van der Waals surface area contributed by atoms with E-state index in [1.165, 1.54) is 5.56 Å². The predicted molar refractivity (Wildman–Crippen MR) is 67.7 cm³/mol. The number of ether oxygens (including phenoxy) is 1. The highest BCUT2D eigenvalue weighted by Crippen LogP contribution is 2.34. The highest BCUT2D eigenvalue weighted by Gasteiger charge is 2.38. The van der Waals surface area contributed by atoms with Crippen molar-refractivity contribution >= 4 is 0 Å². The van der Waals surface area contributed by atoms with E-state index < -0.39 is 0 Å². The standard InChI is InChI=1S/C14H21NO2/c15-11-14(6-8-17-9-7-14)13(16)10-12-4-2-1-3-5-12/h1-5,13,16H,6-11,15H2. The molecule has 3 nitrogen and oxygen atoms in total. The molecule has 0 spiro atoms. The van der Waals surface area contributed by atoms with Gasteiger partial charge in [0.2, 0.25) is 0 Å². The van der Waals surface area contributed by atoms with Gasteiger partial charge in [-0.25, -0.2) is 0 Å². The molecule has 1 aromatic rings. The SMILES string of the molecule is NCC1(C(O)Cc2ccccc2)CCOCC1. The molecule has 2 rings (SSSR count). The van der Waals surface area contributed by atoms with Crippen LogP contribution in [0.5, 0.6) is 0 Å². The van der Waals surface area contributed by atoms with Crippen LogP contribution in [0, 0.1) is 5.41 Å². The summed E-state index contributed by atoms with van der Waals surface area (Å²) in [5, 5.41) is 10.4. The average Bonchev–Trinajstić information content (AvgIpc) is 2.40. The first-order chi connectivity index (χ1) is 8.27. The van der Waals surface area contributed by atoms with Crippen LogP contribution in [0.4, 0.5) is 0 Å². The second kappa shape index (κ2) is 5.63. The summed E-state index contributed by atoms with van der Waals surface area (Å²) in [6.45, 7) is 1.95. The first kappa shape index (κ1) is 12.6. The molecule has 1 aliphatic rings. The van der Waals surface area contributed by atoms with E-state index in [0.29, 0.717) is 26.2 Å². The number of hydrogen-bond acceptors (Lipinski definition) is 3. The van der Waals surface area contributed by atoms with Crippen LogP contribution in [0.25, 0.3) is 0 Å². The third kappa shape index (κ3) is 2.86. The van der Waals surface area contributed by atoms with Gasteiger partial charge in [0.1, 0.15) is 0 Å². The van der Waals surface area contributed by atoms with Gasteiger partial charge in [-0.3, -0.25) is 0 Å². The van der Waals surface area contributed by atoms with Gasteiger partial charge < -0.3 is 15.6 Å². The molecule has 0 aliphatic carbocycles. The molecule has 0 saturated carbocycles. The Kier molecular flexibility index (Phi) is 4.15. The van der Waals surface area contributed by atoms with E-state index in [1.54, 1.807) is 0 Å². The summed E-state index contributed by atoms with van der Waals surface area (Å²) in [5.41, 5.74) is 6.88. The maximum Gasteiger partial charge on any atom is 0.0650 e. The van der Waals surface area contributed by atoms with Gasteiger partial charge in [0.05, 0.1) is 6.10 Å². The zero-order valence-electron chi connectivity index (χ0n) is 10.1. The number of benzene rings is 1. The molecule has 3 N–H and O–H groups in total. The third-order valence-electron chi connectivity index (χ3n) is 3.87. The predicted octanol–water partition coefficient (Wildman–Crippen LogP) is 1.35. The lowest BCUT2D eigenvalue weighted by atomic mass is 9.73. The molecule has 1 unspecified atom stereocenters. The van der Waals surface area contributed by atoms with Crippen LogP contribution < -0.4 is 5.73 Å². The van der Waals surface area contributed by atoms with Gasteiger partial charge in [0.25, 0.3) is 0 Å². The van der Waals surface area contributed by atoms with E-state index in [1.807, 2.05) is 30.3 Å². The Morgan fingerprint density at radius 2 is 1.88 bits per heavy atom. The van der Waals surface area contributed by atoms with Crippen LogP contribution in [-0.4, -0.2) is 31.0 Å². The minimum Gasteiger partial charge on any atom is -0.392 e. The number of aliphatic hydroxyl groups excluding tert-OH is 1. The Morgan fingerprint density at radius 3 is 2.47 bits per heavy atom. The second-order valence-corrected chi connectivity index (χ2v) is 4.88. The quantitative estimate of drug-likeness (QED) is 0.828. The fraction of sp³-hybridized carbons (Fsp3) is 0.571. The van der Waals surface area contributed by atoms with Crippen molar-refractivity contribution in [2.75, 3.05) is 19.8 Å². The Morgan fingerprint density at radius 1 is 1.24 bits per heavy atom. The molecule has 0 aromatic heterocycles. The molecule has 3 heteroatoms. The zero-order chi connectivity index (χ0) is 12.1. The molecule has 0 radical (unpaired) electrons. The van der Waals surface area contributed by atoms with E-state index in [9.17, 15) is 5.11 Å². The van der Waals surface area contributed by atoms with Crippen molar-refractivity contribution in [2.24, 2.45) is 11.1 Å². The maximum absolute atomic E-state index is 10.4. The highest BCUT2D eigenvalue weighted by molar-refractivity contribution is 5.16. The van der Waals surface area contributed by atoms with E-state index in [-0.39, 0.29) is 11.5 Å². The lowest BCUT2D eigenvalue weighted by Crippen LogP contribution is -2.46. The molecule has 1 heterocycles. The van der Waals surface area contributed by atoms with E-state index >= 15 is 0 Å². The summed E-state index contributed by atoms with van der Waals surface area (Å²) < 4.78 is 5.36. The van der Waals surface area contributed by atoms with Crippen molar-refractivity contribution in [3.8, 4) is 0 Å². The lowest BCUT2D eigenvalue weighted by molar-refractivity contribution is -0.0558. The molecule has 17 heavy (non-hydrogen) atoms. The fourth-order valence-electron chi connectivity index (χ4n) is 2.51. The van der Waals surface area contributed by atoms with Crippen LogP contribution in [0.15, 0.2) is 30.3 Å². The summed E-state index contributed by atoms with van der Waals surface area (Å²) in [6.07, 6.45) is 2.02. The summed E-state index contributed by atoms with van der Waals surface area (Å²) in [7, 11) is 0. The summed E-state index contributed by atoms with van der Waals surface area (Å²) in [5.74, 6) is 0. The van der Waals surface area contributed by atoms with Crippen molar-refractivity contribution in [2.45, 2.75) is 25.4 Å². The Hall–Kier alpha value is -0.900. The molecule has 1 saturated heterocycles. The highest BCUT2D eigenvalue weighted by atomic mass is 16.5. The van der Waals surface area contributed by atoms with E-state index in [2.05, 4.69) is 0 Å². The van der Waals surface area contributed by atoms with Gasteiger partial charge in [0.15, 0.2) is 0 Å². The van der Waals surface area contributed by atoms with E-state index in [4.69, 9.17) is 10.5 Å². The van der Waals surface area contributed by atoms with Gasteiger partial charge in [-0.2, -0.15) is 0 Å². The first-order valence-corrected chi connectivity index (χ1v) is 6.27. The second-order valence-electron chi connectivity index (χ2n) is 4.88. The van der Waals surface area contributed by atoms with Crippen LogP contribution in [-0.2, 0) is 11.2 Å². The minimum absolute atomic E-state index is 0.159. The average molecular weight is 235 g/mol. The summed E-state index contributed by atoms with van der Waals surface area (Å²) >= 11 is 0. The maximum atomic E-state index is 10.4. The molecular weight excluding hydrogens is 214 g/mol. The van der Waals surface area contributed by atoms with Gasteiger partial charge in [-0.15, -0.1) is 0 Å². The molecular formula is C14H21NO2. The molecule has 1 fully saturated rings. The minimum atomic E-state index is -0.376. The van der Waals surface area contributed by atoms with Crippen molar-refractivity contribution in [3.63, 3.8) is 0 Å². The number of nitrogens with two attached hydrogens (primary N) is 1. The van der Waals surface area contributed by atoms with Crippen molar-refractivity contribution in [1.82, 2.24) is 0 Å². The van der Waals surface area contributed by atoms with Crippen molar-refractivity contribution < 1.29 is 9.84 Å².